The maximum atomic E-state index is 8.47. The van der Waals surface area contributed by atoms with E-state index in [9.17, 15) is 0 Å². The van der Waals surface area contributed by atoms with E-state index in [4.69, 9.17) is 5.21 Å². The fraction of sp³-hybridized carbons (Fsp3) is 0.250. The van der Waals surface area contributed by atoms with Crippen LogP contribution in [0.15, 0.2) is 27.6 Å². The van der Waals surface area contributed by atoms with Crippen molar-refractivity contribution in [1.82, 2.24) is 5.48 Å². The predicted octanol–water partition coefficient (Wildman–Crippen LogP) is 2.65. The van der Waals surface area contributed by atoms with Gasteiger partial charge in [0.25, 0.3) is 0 Å². The van der Waals surface area contributed by atoms with Gasteiger partial charge in [-0.2, -0.15) is 0 Å². The molecule has 0 saturated heterocycles. The molecule has 0 amide bonds. The average molecular weight is 248 g/mol. The molecule has 0 unspecified atom stereocenters. The van der Waals surface area contributed by atoms with E-state index in [1.54, 1.807) is 11.8 Å². The van der Waals surface area contributed by atoms with Crippen LogP contribution in [0.4, 0.5) is 0 Å². The number of halogens is 1. The van der Waals surface area contributed by atoms with Gasteiger partial charge >= 0.3 is 0 Å². The zero-order valence-electron chi connectivity index (χ0n) is 6.67. The van der Waals surface area contributed by atoms with Crippen LogP contribution in [0, 0.1) is 0 Å². The Bertz CT molecular complexity index is 267. The minimum atomic E-state index is 0.479. The van der Waals surface area contributed by atoms with E-state index >= 15 is 0 Å². The van der Waals surface area contributed by atoms with Gasteiger partial charge < -0.3 is 5.21 Å². The molecule has 1 aromatic carbocycles. The SMILES string of the molecule is CSc1ccc(CNO)cc1Br. The lowest BCUT2D eigenvalue weighted by Crippen LogP contribution is -2.05. The van der Waals surface area contributed by atoms with Crippen LogP contribution in [0.2, 0.25) is 0 Å². The first kappa shape index (κ1) is 10.1. The number of benzene rings is 1. The highest BCUT2D eigenvalue weighted by Gasteiger charge is 1.99. The molecule has 0 aromatic heterocycles. The topological polar surface area (TPSA) is 32.3 Å². The molecular formula is C8H10BrNOS. The highest BCUT2D eigenvalue weighted by molar-refractivity contribution is 9.10. The van der Waals surface area contributed by atoms with Gasteiger partial charge in [0.05, 0.1) is 0 Å². The zero-order chi connectivity index (χ0) is 8.97. The lowest BCUT2D eigenvalue weighted by molar-refractivity contribution is 0.161. The number of hydrogen-bond acceptors (Lipinski definition) is 3. The molecule has 2 N–H and O–H groups in total. The molecular weight excluding hydrogens is 238 g/mol. The monoisotopic (exact) mass is 247 g/mol. The van der Waals surface area contributed by atoms with Gasteiger partial charge in [0.2, 0.25) is 0 Å². The normalized spacial score (nSPS) is 10.2. The van der Waals surface area contributed by atoms with Crippen molar-refractivity contribution in [3.8, 4) is 0 Å². The van der Waals surface area contributed by atoms with Crippen molar-refractivity contribution >= 4 is 27.7 Å². The summed E-state index contributed by atoms with van der Waals surface area (Å²) in [4.78, 5) is 1.21. The first-order valence-corrected chi connectivity index (χ1v) is 5.49. The lowest BCUT2D eigenvalue weighted by Gasteiger charge is -2.03. The molecule has 4 heteroatoms. The summed E-state index contributed by atoms with van der Waals surface area (Å²) in [5, 5.41) is 8.47. The quantitative estimate of drug-likeness (QED) is 0.637. The molecule has 66 valence electrons. The fourth-order valence-corrected chi connectivity index (χ4v) is 2.28. The molecule has 0 radical (unpaired) electrons. The van der Waals surface area contributed by atoms with Crippen LogP contribution in [0.1, 0.15) is 5.56 Å². The number of hydroxylamine groups is 1. The highest BCUT2D eigenvalue weighted by atomic mass is 79.9. The van der Waals surface area contributed by atoms with E-state index in [0.717, 1.165) is 10.0 Å². The van der Waals surface area contributed by atoms with E-state index in [-0.39, 0.29) is 0 Å². The van der Waals surface area contributed by atoms with Crippen molar-refractivity contribution in [1.29, 1.82) is 0 Å². The summed E-state index contributed by atoms with van der Waals surface area (Å²) in [6.07, 6.45) is 2.03. The summed E-state index contributed by atoms with van der Waals surface area (Å²) in [5.74, 6) is 0. The van der Waals surface area contributed by atoms with Crippen molar-refractivity contribution in [2.45, 2.75) is 11.4 Å². The Hall–Kier alpha value is -0.0300. The third kappa shape index (κ3) is 2.48. The molecule has 0 aliphatic carbocycles. The van der Waals surface area contributed by atoms with Gasteiger partial charge in [0.15, 0.2) is 0 Å². The minimum absolute atomic E-state index is 0.479. The molecule has 0 aliphatic heterocycles. The zero-order valence-corrected chi connectivity index (χ0v) is 9.08. The third-order valence-electron chi connectivity index (χ3n) is 1.50. The molecule has 0 spiro atoms. The second-order valence-electron chi connectivity index (χ2n) is 2.30. The lowest BCUT2D eigenvalue weighted by atomic mass is 10.2. The third-order valence-corrected chi connectivity index (χ3v) is 3.21. The van der Waals surface area contributed by atoms with Crippen LogP contribution in [-0.4, -0.2) is 11.5 Å². The number of thioether (sulfide) groups is 1. The van der Waals surface area contributed by atoms with Gasteiger partial charge in [-0.15, -0.1) is 11.8 Å². The van der Waals surface area contributed by atoms with E-state index in [0.29, 0.717) is 6.54 Å². The van der Waals surface area contributed by atoms with E-state index in [1.165, 1.54) is 4.90 Å². The van der Waals surface area contributed by atoms with Crippen LogP contribution >= 0.6 is 27.7 Å². The molecule has 0 heterocycles. The van der Waals surface area contributed by atoms with Crippen LogP contribution < -0.4 is 5.48 Å². The molecule has 0 fully saturated rings. The summed E-state index contributed by atoms with van der Waals surface area (Å²) in [6.45, 7) is 0.479. The number of nitrogens with one attached hydrogen (secondary N) is 1. The Morgan fingerprint density at radius 1 is 1.58 bits per heavy atom. The van der Waals surface area contributed by atoms with E-state index in [1.807, 2.05) is 24.5 Å². The minimum Gasteiger partial charge on any atom is -0.316 e. The largest absolute Gasteiger partial charge is 0.316 e. The van der Waals surface area contributed by atoms with Gasteiger partial charge in [-0.3, -0.25) is 0 Å². The van der Waals surface area contributed by atoms with E-state index in [2.05, 4.69) is 21.4 Å². The predicted molar refractivity (Wildman–Crippen MR) is 54.5 cm³/mol. The molecule has 0 atom stereocenters. The summed E-state index contributed by atoms with van der Waals surface area (Å²) >= 11 is 5.14. The summed E-state index contributed by atoms with van der Waals surface area (Å²) in [6, 6.07) is 6.01. The van der Waals surface area contributed by atoms with Gasteiger partial charge in [-0.05, 0) is 39.9 Å². The summed E-state index contributed by atoms with van der Waals surface area (Å²) in [5.41, 5.74) is 3.18. The first-order chi connectivity index (χ1) is 5.77. The van der Waals surface area contributed by atoms with Crippen LogP contribution in [0.25, 0.3) is 0 Å². The summed E-state index contributed by atoms with van der Waals surface area (Å²) < 4.78 is 1.07. The maximum absolute atomic E-state index is 8.47. The van der Waals surface area contributed by atoms with Gasteiger partial charge in [0, 0.05) is 15.9 Å². The van der Waals surface area contributed by atoms with Crippen LogP contribution in [0.5, 0.6) is 0 Å². The van der Waals surface area contributed by atoms with E-state index < -0.39 is 0 Å². The van der Waals surface area contributed by atoms with Crippen molar-refractivity contribution in [2.75, 3.05) is 6.26 Å². The Balaban J connectivity index is 2.86. The first-order valence-electron chi connectivity index (χ1n) is 3.47. The molecule has 0 saturated carbocycles. The van der Waals surface area contributed by atoms with Crippen molar-refractivity contribution in [3.63, 3.8) is 0 Å². The average Bonchev–Trinajstić information content (AvgIpc) is 2.05. The second-order valence-corrected chi connectivity index (χ2v) is 4.01. The van der Waals surface area contributed by atoms with Gasteiger partial charge in [0.1, 0.15) is 0 Å². The fourth-order valence-electron chi connectivity index (χ4n) is 0.911. The summed E-state index contributed by atoms with van der Waals surface area (Å²) in [7, 11) is 0. The van der Waals surface area contributed by atoms with Crippen LogP contribution in [-0.2, 0) is 6.54 Å². The van der Waals surface area contributed by atoms with Crippen molar-refractivity contribution in [2.24, 2.45) is 0 Å². The number of rotatable bonds is 3. The maximum Gasteiger partial charge on any atom is 0.0458 e. The van der Waals surface area contributed by atoms with Crippen molar-refractivity contribution in [3.05, 3.63) is 28.2 Å². The molecule has 1 rings (SSSR count). The van der Waals surface area contributed by atoms with Crippen molar-refractivity contribution < 1.29 is 5.21 Å². The Labute approximate surface area is 84.5 Å². The molecule has 12 heavy (non-hydrogen) atoms. The molecule has 2 nitrogen and oxygen atoms in total. The Morgan fingerprint density at radius 3 is 2.83 bits per heavy atom. The van der Waals surface area contributed by atoms with Gasteiger partial charge in [-0.25, -0.2) is 5.48 Å². The highest BCUT2D eigenvalue weighted by Crippen LogP contribution is 2.26. The smallest absolute Gasteiger partial charge is 0.0458 e. The van der Waals surface area contributed by atoms with Crippen LogP contribution in [0.3, 0.4) is 0 Å². The Morgan fingerprint density at radius 2 is 2.33 bits per heavy atom. The molecule has 0 aliphatic rings. The molecule has 1 aromatic rings. The molecule has 0 bridgehead atoms. The second kappa shape index (κ2) is 4.87. The standard InChI is InChI=1S/C8H10BrNOS/c1-12-8-3-2-6(5-10-11)4-7(8)9/h2-4,10-11H,5H2,1H3. The number of hydrogen-bond donors (Lipinski definition) is 2. The van der Waals surface area contributed by atoms with Gasteiger partial charge in [-0.1, -0.05) is 6.07 Å². The Kier molecular flexibility index (Phi) is 4.08.